The van der Waals surface area contributed by atoms with E-state index in [2.05, 4.69) is 17.6 Å². The number of nitrogens with one attached hydrogen (secondary N) is 2. The molecule has 4 nitrogen and oxygen atoms in total. The van der Waals surface area contributed by atoms with Crippen LogP contribution in [0.15, 0.2) is 0 Å². The van der Waals surface area contributed by atoms with E-state index in [1.54, 1.807) is 6.92 Å². The highest BCUT2D eigenvalue weighted by Gasteiger charge is 2.30. The number of carbonyl (C=O) groups excluding carboxylic acids is 1. The van der Waals surface area contributed by atoms with Crippen LogP contribution in [-0.2, 0) is 0 Å². The van der Waals surface area contributed by atoms with E-state index in [1.165, 1.54) is 12.2 Å². The summed E-state index contributed by atoms with van der Waals surface area (Å²) in [6, 6.07) is -0.190. The van der Waals surface area contributed by atoms with Gasteiger partial charge in [0.25, 0.3) is 0 Å². The summed E-state index contributed by atoms with van der Waals surface area (Å²) in [5.74, 6) is 1.29. The fourth-order valence-electron chi connectivity index (χ4n) is 1.77. The minimum Gasteiger partial charge on any atom is -0.388 e. The van der Waals surface area contributed by atoms with Crippen molar-refractivity contribution < 1.29 is 9.90 Å². The average Bonchev–Trinajstić information content (AvgIpc) is 2.71. The Morgan fingerprint density at radius 3 is 2.67 bits per heavy atom. The van der Waals surface area contributed by atoms with Crippen molar-refractivity contribution in [3.8, 4) is 0 Å². The van der Waals surface area contributed by atoms with E-state index in [4.69, 9.17) is 0 Å². The molecule has 0 aromatic carbocycles. The van der Waals surface area contributed by atoms with E-state index in [0.29, 0.717) is 6.54 Å². The number of rotatable bonds is 5. The Balaban J connectivity index is 2.26. The normalized spacial score (nSPS) is 27.0. The summed E-state index contributed by atoms with van der Waals surface area (Å²) < 4.78 is 0.178. The third-order valence-corrected chi connectivity index (χ3v) is 5.31. The predicted molar refractivity (Wildman–Crippen MR) is 77.0 cm³/mol. The number of hydrogen-bond acceptors (Lipinski definition) is 3. The van der Waals surface area contributed by atoms with Gasteiger partial charge >= 0.3 is 6.03 Å². The molecule has 5 heteroatoms. The molecule has 0 bridgehead atoms. The van der Waals surface area contributed by atoms with E-state index >= 15 is 0 Å². The number of carbonyl (C=O) groups is 1. The quantitative estimate of drug-likeness (QED) is 0.718. The number of aliphatic hydroxyl groups is 1. The van der Waals surface area contributed by atoms with Crippen LogP contribution in [0, 0.1) is 5.92 Å². The maximum absolute atomic E-state index is 11.7. The summed E-state index contributed by atoms with van der Waals surface area (Å²) in [6.45, 7) is 8.78. The SMILES string of the molecule is CC(C)C(C)(O)CNC(=O)NCC1(C)CCCS1. The molecule has 0 aromatic heterocycles. The van der Waals surface area contributed by atoms with Crippen LogP contribution < -0.4 is 10.6 Å². The van der Waals surface area contributed by atoms with Crippen molar-refractivity contribution in [2.24, 2.45) is 5.92 Å². The van der Waals surface area contributed by atoms with Gasteiger partial charge < -0.3 is 15.7 Å². The van der Waals surface area contributed by atoms with Crippen LogP contribution in [0.4, 0.5) is 4.79 Å². The van der Waals surface area contributed by atoms with Crippen LogP contribution in [-0.4, -0.2) is 40.3 Å². The fraction of sp³-hybridized carbons (Fsp3) is 0.923. The molecule has 106 valence electrons. The Labute approximate surface area is 114 Å². The Morgan fingerprint density at radius 1 is 1.50 bits per heavy atom. The third-order valence-electron chi connectivity index (χ3n) is 3.77. The van der Waals surface area contributed by atoms with Gasteiger partial charge in [0, 0.05) is 17.8 Å². The van der Waals surface area contributed by atoms with Crippen LogP contribution >= 0.6 is 11.8 Å². The minimum atomic E-state index is -0.858. The van der Waals surface area contributed by atoms with Crippen molar-refractivity contribution in [2.45, 2.75) is 50.9 Å². The van der Waals surface area contributed by atoms with E-state index in [1.807, 2.05) is 25.6 Å². The van der Waals surface area contributed by atoms with E-state index in [-0.39, 0.29) is 23.2 Å². The molecule has 0 saturated carbocycles. The summed E-state index contributed by atoms with van der Waals surface area (Å²) in [5, 5.41) is 15.7. The van der Waals surface area contributed by atoms with Crippen LogP contribution in [0.25, 0.3) is 0 Å². The van der Waals surface area contributed by atoms with E-state index < -0.39 is 5.60 Å². The molecule has 1 aliphatic heterocycles. The van der Waals surface area contributed by atoms with E-state index in [0.717, 1.165) is 6.42 Å². The molecule has 1 saturated heterocycles. The molecule has 0 aliphatic carbocycles. The molecular weight excluding hydrogens is 248 g/mol. The second-order valence-corrected chi connectivity index (χ2v) is 7.63. The molecule has 18 heavy (non-hydrogen) atoms. The zero-order valence-corrected chi connectivity index (χ0v) is 12.7. The number of amides is 2. The predicted octanol–water partition coefficient (Wildman–Crippen LogP) is 1.98. The molecule has 0 aromatic rings. The second-order valence-electron chi connectivity index (χ2n) is 5.95. The molecule has 3 N–H and O–H groups in total. The lowest BCUT2D eigenvalue weighted by atomic mass is 9.93. The summed E-state index contributed by atoms with van der Waals surface area (Å²) in [4.78, 5) is 11.7. The lowest BCUT2D eigenvalue weighted by molar-refractivity contribution is 0.0166. The maximum Gasteiger partial charge on any atom is 0.314 e. The van der Waals surface area contributed by atoms with Gasteiger partial charge in [-0.25, -0.2) is 4.79 Å². The fourth-order valence-corrected chi connectivity index (χ4v) is 3.01. The number of hydrogen-bond donors (Lipinski definition) is 3. The van der Waals surface area contributed by atoms with Crippen molar-refractivity contribution >= 4 is 17.8 Å². The summed E-state index contributed by atoms with van der Waals surface area (Å²) in [6.07, 6.45) is 2.38. The summed E-state index contributed by atoms with van der Waals surface area (Å²) in [5.41, 5.74) is -0.858. The van der Waals surface area contributed by atoms with Gasteiger partial charge in [-0.3, -0.25) is 0 Å². The van der Waals surface area contributed by atoms with Crippen LogP contribution in [0.1, 0.15) is 40.5 Å². The zero-order valence-electron chi connectivity index (χ0n) is 11.9. The van der Waals surface area contributed by atoms with Gasteiger partial charge in [0.05, 0.1) is 5.60 Å². The number of thioether (sulfide) groups is 1. The van der Waals surface area contributed by atoms with Crippen molar-refractivity contribution in [1.29, 1.82) is 0 Å². The average molecular weight is 274 g/mol. The van der Waals surface area contributed by atoms with Gasteiger partial charge in [-0.1, -0.05) is 13.8 Å². The van der Waals surface area contributed by atoms with Gasteiger partial charge in [-0.15, -0.1) is 0 Å². The Kier molecular flexibility index (Phi) is 5.34. The van der Waals surface area contributed by atoms with Crippen LogP contribution in [0.5, 0.6) is 0 Å². The van der Waals surface area contributed by atoms with E-state index in [9.17, 15) is 9.90 Å². The largest absolute Gasteiger partial charge is 0.388 e. The van der Waals surface area contributed by atoms with Gasteiger partial charge in [0.1, 0.15) is 0 Å². The monoisotopic (exact) mass is 274 g/mol. The standard InChI is InChI=1S/C13H26N2O2S/c1-10(2)13(4,17)9-15-11(16)14-8-12(3)6-5-7-18-12/h10,17H,5-9H2,1-4H3,(H2,14,15,16). The van der Waals surface area contributed by atoms with Gasteiger partial charge in [0.15, 0.2) is 0 Å². The van der Waals surface area contributed by atoms with Crippen molar-refractivity contribution in [3.63, 3.8) is 0 Å². The molecule has 0 radical (unpaired) electrons. The molecule has 1 heterocycles. The van der Waals surface area contributed by atoms with Gasteiger partial charge in [-0.2, -0.15) is 11.8 Å². The van der Waals surface area contributed by atoms with Crippen molar-refractivity contribution in [2.75, 3.05) is 18.8 Å². The zero-order chi connectivity index (χ0) is 13.8. The maximum atomic E-state index is 11.7. The molecule has 2 unspecified atom stereocenters. The molecule has 1 rings (SSSR count). The Morgan fingerprint density at radius 2 is 2.17 bits per heavy atom. The molecule has 1 fully saturated rings. The Hall–Kier alpha value is -0.420. The smallest absolute Gasteiger partial charge is 0.314 e. The highest BCUT2D eigenvalue weighted by molar-refractivity contribution is 8.00. The van der Waals surface area contributed by atoms with Gasteiger partial charge in [-0.05, 0) is 38.4 Å². The second kappa shape index (κ2) is 6.15. The lowest BCUT2D eigenvalue weighted by Gasteiger charge is -2.28. The summed E-state index contributed by atoms with van der Waals surface area (Å²) in [7, 11) is 0. The lowest BCUT2D eigenvalue weighted by Crippen LogP contribution is -2.49. The van der Waals surface area contributed by atoms with Gasteiger partial charge in [0.2, 0.25) is 0 Å². The molecule has 2 amide bonds. The molecule has 2 atom stereocenters. The first-order valence-corrected chi connectivity index (χ1v) is 7.62. The van der Waals surface area contributed by atoms with Crippen molar-refractivity contribution in [3.05, 3.63) is 0 Å². The highest BCUT2D eigenvalue weighted by atomic mass is 32.2. The Bertz CT molecular complexity index is 276. The minimum absolute atomic E-state index is 0.112. The third kappa shape index (κ3) is 4.69. The highest BCUT2D eigenvalue weighted by Crippen LogP contribution is 2.36. The van der Waals surface area contributed by atoms with Crippen molar-refractivity contribution in [1.82, 2.24) is 10.6 Å². The molecular formula is C13H26N2O2S. The first-order chi connectivity index (χ1) is 8.25. The molecule has 1 aliphatic rings. The first-order valence-electron chi connectivity index (χ1n) is 6.63. The van der Waals surface area contributed by atoms with Crippen LogP contribution in [0.3, 0.4) is 0 Å². The van der Waals surface area contributed by atoms with Crippen LogP contribution in [0.2, 0.25) is 0 Å². The number of urea groups is 1. The summed E-state index contributed by atoms with van der Waals surface area (Å²) >= 11 is 1.92. The molecule has 0 spiro atoms. The topological polar surface area (TPSA) is 61.4 Å². The first kappa shape index (κ1) is 15.6.